The van der Waals surface area contributed by atoms with Crippen LogP contribution in [0.1, 0.15) is 33.1 Å². The molecule has 2 aromatic heterocycles. The van der Waals surface area contributed by atoms with E-state index in [-0.39, 0.29) is 11.9 Å². The molecule has 0 spiro atoms. The summed E-state index contributed by atoms with van der Waals surface area (Å²) >= 11 is 1.48. The number of benzene rings is 2. The number of hydrogen-bond donors (Lipinski definition) is 1. The summed E-state index contributed by atoms with van der Waals surface area (Å²) in [7, 11) is 0. The van der Waals surface area contributed by atoms with Crippen LogP contribution in [0, 0.1) is 11.8 Å². The van der Waals surface area contributed by atoms with Gasteiger partial charge in [0.05, 0.1) is 22.3 Å². The highest BCUT2D eigenvalue weighted by Crippen LogP contribution is 2.31. The Bertz CT molecular complexity index is 1230. The summed E-state index contributed by atoms with van der Waals surface area (Å²) in [6, 6.07) is 16.4. The molecular weight excluding hydrogens is 392 g/mol. The molecule has 0 bridgehead atoms. The van der Waals surface area contributed by atoms with Crippen molar-refractivity contribution in [3.8, 4) is 0 Å². The van der Waals surface area contributed by atoms with Crippen LogP contribution in [-0.4, -0.2) is 32.1 Å². The Hall–Kier alpha value is -2.60. The molecule has 6 heteroatoms. The number of aromatic nitrogens is 3. The third kappa shape index (κ3) is 3.43. The Labute approximate surface area is 180 Å². The molecule has 0 unspecified atom stereocenters. The molecule has 0 saturated heterocycles. The van der Waals surface area contributed by atoms with Crippen LogP contribution >= 0.6 is 11.8 Å². The van der Waals surface area contributed by atoms with Gasteiger partial charge in [-0.1, -0.05) is 62.7 Å². The second-order valence-electron chi connectivity index (χ2n) is 8.40. The van der Waals surface area contributed by atoms with E-state index in [1.807, 2.05) is 36.4 Å². The van der Waals surface area contributed by atoms with Crippen molar-refractivity contribution in [2.24, 2.45) is 11.8 Å². The van der Waals surface area contributed by atoms with E-state index < -0.39 is 0 Å². The Morgan fingerprint density at radius 1 is 1.07 bits per heavy atom. The molecule has 154 valence electrons. The minimum atomic E-state index is 0.0819. The Morgan fingerprint density at radius 3 is 2.70 bits per heavy atom. The van der Waals surface area contributed by atoms with E-state index in [0.717, 1.165) is 39.2 Å². The number of fused-ring (bicyclic) bond motifs is 5. The maximum atomic E-state index is 12.8. The first-order valence-corrected chi connectivity index (χ1v) is 11.7. The number of rotatable bonds is 4. The third-order valence-electron chi connectivity index (χ3n) is 6.50. The number of para-hydroxylation sites is 3. The van der Waals surface area contributed by atoms with Gasteiger partial charge >= 0.3 is 0 Å². The predicted octanol–water partition coefficient (Wildman–Crippen LogP) is 5.07. The summed E-state index contributed by atoms with van der Waals surface area (Å²) in [6.07, 6.45) is 3.53. The lowest BCUT2D eigenvalue weighted by molar-refractivity contribution is -0.120. The SMILES string of the molecule is C[C@@H]1[C@H](C)CCC[C@H]1NC(=O)CSc1nc2ccccc2c2nc3ccccc3n12. The Morgan fingerprint density at radius 2 is 1.83 bits per heavy atom. The summed E-state index contributed by atoms with van der Waals surface area (Å²) in [5.41, 5.74) is 3.74. The van der Waals surface area contributed by atoms with Crippen LogP contribution in [0.4, 0.5) is 0 Å². The fourth-order valence-electron chi connectivity index (χ4n) is 4.57. The van der Waals surface area contributed by atoms with E-state index in [4.69, 9.17) is 9.97 Å². The zero-order valence-electron chi connectivity index (χ0n) is 17.3. The highest BCUT2D eigenvalue weighted by atomic mass is 32.2. The molecule has 1 aliphatic rings. The maximum absolute atomic E-state index is 12.8. The number of amides is 1. The van der Waals surface area contributed by atoms with Crippen molar-refractivity contribution in [2.45, 2.75) is 44.3 Å². The molecule has 0 radical (unpaired) electrons. The Balaban J connectivity index is 1.45. The number of nitrogens with one attached hydrogen (secondary N) is 1. The summed E-state index contributed by atoms with van der Waals surface area (Å²) < 4.78 is 2.08. The average Bonchev–Trinajstić information content (AvgIpc) is 3.15. The van der Waals surface area contributed by atoms with Crippen LogP contribution in [0.3, 0.4) is 0 Å². The lowest BCUT2D eigenvalue weighted by Crippen LogP contribution is -2.44. The van der Waals surface area contributed by atoms with Crippen molar-refractivity contribution in [3.05, 3.63) is 48.5 Å². The van der Waals surface area contributed by atoms with E-state index in [1.165, 1.54) is 24.6 Å². The van der Waals surface area contributed by atoms with E-state index in [2.05, 4.69) is 35.7 Å². The van der Waals surface area contributed by atoms with Gasteiger partial charge in [-0.25, -0.2) is 9.97 Å². The van der Waals surface area contributed by atoms with Crippen molar-refractivity contribution in [1.82, 2.24) is 19.7 Å². The van der Waals surface area contributed by atoms with Gasteiger partial charge in [0.25, 0.3) is 0 Å². The van der Waals surface area contributed by atoms with Gasteiger partial charge in [-0.2, -0.15) is 0 Å². The monoisotopic (exact) mass is 418 g/mol. The van der Waals surface area contributed by atoms with Gasteiger partial charge in [0.1, 0.15) is 5.65 Å². The van der Waals surface area contributed by atoms with Gasteiger partial charge in [0, 0.05) is 11.4 Å². The van der Waals surface area contributed by atoms with Crippen LogP contribution in [0.25, 0.3) is 27.6 Å². The second-order valence-corrected chi connectivity index (χ2v) is 9.34. The number of thioether (sulfide) groups is 1. The van der Waals surface area contributed by atoms with E-state index >= 15 is 0 Å². The number of carbonyl (C=O) groups is 1. The fourth-order valence-corrected chi connectivity index (χ4v) is 5.39. The molecule has 30 heavy (non-hydrogen) atoms. The molecule has 1 aliphatic carbocycles. The molecule has 4 aromatic rings. The van der Waals surface area contributed by atoms with E-state index in [9.17, 15) is 4.79 Å². The molecule has 1 N–H and O–H groups in total. The number of nitrogens with zero attached hydrogens (tertiary/aromatic N) is 3. The first-order valence-electron chi connectivity index (χ1n) is 10.7. The zero-order valence-corrected chi connectivity index (χ0v) is 18.2. The molecule has 2 heterocycles. The number of imidazole rings is 1. The quantitative estimate of drug-likeness (QED) is 0.371. The highest BCUT2D eigenvalue weighted by molar-refractivity contribution is 7.99. The molecule has 1 saturated carbocycles. The molecule has 5 rings (SSSR count). The first kappa shape index (κ1) is 19.4. The summed E-state index contributed by atoms with van der Waals surface area (Å²) in [6.45, 7) is 4.55. The van der Waals surface area contributed by atoms with Crippen molar-refractivity contribution in [1.29, 1.82) is 0 Å². The minimum absolute atomic E-state index is 0.0819. The zero-order chi connectivity index (χ0) is 20.7. The van der Waals surface area contributed by atoms with Crippen LogP contribution in [-0.2, 0) is 4.79 Å². The van der Waals surface area contributed by atoms with Gasteiger partial charge in [-0.05, 0) is 42.5 Å². The summed E-state index contributed by atoms with van der Waals surface area (Å²) in [5.74, 6) is 1.62. The molecule has 1 amide bonds. The standard InChI is InChI=1S/C24H26N4OS/c1-15-8-7-12-18(16(15)2)25-22(29)14-30-24-27-19-10-4-3-9-17(19)23-26-20-11-5-6-13-21(20)28(23)24/h3-6,9-11,13,15-16,18H,7-8,12,14H2,1-2H3,(H,25,29)/t15-,16-,18-/m1/s1. The number of carbonyl (C=O) groups excluding carboxylic acids is 1. The lowest BCUT2D eigenvalue weighted by atomic mass is 9.78. The van der Waals surface area contributed by atoms with Gasteiger partial charge in [0.2, 0.25) is 5.91 Å². The molecule has 3 atom stereocenters. The molecule has 0 aliphatic heterocycles. The lowest BCUT2D eigenvalue weighted by Gasteiger charge is -2.34. The largest absolute Gasteiger partial charge is 0.352 e. The molecular formula is C24H26N4OS. The van der Waals surface area contributed by atoms with Crippen molar-refractivity contribution < 1.29 is 4.79 Å². The van der Waals surface area contributed by atoms with E-state index in [1.54, 1.807) is 0 Å². The fraction of sp³-hybridized carbons (Fsp3) is 0.375. The van der Waals surface area contributed by atoms with Crippen molar-refractivity contribution in [2.75, 3.05) is 5.75 Å². The van der Waals surface area contributed by atoms with Crippen molar-refractivity contribution >= 4 is 45.3 Å². The van der Waals surface area contributed by atoms with Gasteiger partial charge in [-0.3, -0.25) is 9.20 Å². The van der Waals surface area contributed by atoms with Gasteiger partial charge in [0.15, 0.2) is 5.16 Å². The van der Waals surface area contributed by atoms with Crippen LogP contribution < -0.4 is 5.32 Å². The van der Waals surface area contributed by atoms with Gasteiger partial charge in [-0.15, -0.1) is 0 Å². The third-order valence-corrected chi connectivity index (χ3v) is 7.44. The van der Waals surface area contributed by atoms with Gasteiger partial charge < -0.3 is 5.32 Å². The highest BCUT2D eigenvalue weighted by Gasteiger charge is 2.28. The average molecular weight is 419 g/mol. The van der Waals surface area contributed by atoms with Crippen LogP contribution in [0.2, 0.25) is 0 Å². The number of hydrogen-bond acceptors (Lipinski definition) is 4. The van der Waals surface area contributed by atoms with E-state index in [0.29, 0.717) is 17.6 Å². The maximum Gasteiger partial charge on any atom is 0.230 e. The first-order chi connectivity index (χ1) is 14.6. The smallest absolute Gasteiger partial charge is 0.230 e. The topological polar surface area (TPSA) is 59.3 Å². The minimum Gasteiger partial charge on any atom is -0.352 e. The predicted molar refractivity (Wildman–Crippen MR) is 123 cm³/mol. The second kappa shape index (κ2) is 7.91. The van der Waals surface area contributed by atoms with Crippen LogP contribution in [0.5, 0.6) is 0 Å². The Kier molecular flexibility index (Phi) is 5.11. The molecule has 2 aromatic carbocycles. The van der Waals surface area contributed by atoms with Crippen molar-refractivity contribution in [3.63, 3.8) is 0 Å². The summed E-state index contributed by atoms with van der Waals surface area (Å²) in [5, 5.41) is 5.10. The normalized spacial score (nSPS) is 22.0. The molecule has 1 fully saturated rings. The summed E-state index contributed by atoms with van der Waals surface area (Å²) in [4.78, 5) is 22.5. The van der Waals surface area contributed by atoms with Crippen LogP contribution in [0.15, 0.2) is 53.7 Å². The molecule has 5 nitrogen and oxygen atoms in total.